The number of H-pyrrole nitrogens is 1. The Kier molecular flexibility index (Phi) is 1.77. The Morgan fingerprint density at radius 1 is 1.53 bits per heavy atom. The van der Waals surface area contributed by atoms with Gasteiger partial charge in [-0.05, 0) is 23.3 Å². The SMILES string of the molecule is CC1(C)CC1c1nc(-c2cccs2)n[nH]1. The summed E-state index contributed by atoms with van der Waals surface area (Å²) in [6.07, 6.45) is 1.21. The Morgan fingerprint density at radius 2 is 2.33 bits per heavy atom. The predicted molar refractivity (Wildman–Crippen MR) is 60.8 cm³/mol. The largest absolute Gasteiger partial charge is 0.262 e. The molecule has 1 saturated carbocycles. The minimum absolute atomic E-state index is 0.409. The summed E-state index contributed by atoms with van der Waals surface area (Å²) in [5, 5.41) is 9.36. The molecule has 2 heterocycles. The van der Waals surface area contributed by atoms with Crippen LogP contribution in [0.2, 0.25) is 0 Å². The number of thiophene rings is 1. The highest BCUT2D eigenvalue weighted by molar-refractivity contribution is 7.13. The van der Waals surface area contributed by atoms with Crippen LogP contribution in [0.3, 0.4) is 0 Å². The predicted octanol–water partition coefficient (Wildman–Crippen LogP) is 3.05. The van der Waals surface area contributed by atoms with E-state index in [1.807, 2.05) is 11.4 Å². The minimum Gasteiger partial charge on any atom is -0.262 e. The van der Waals surface area contributed by atoms with E-state index in [1.54, 1.807) is 11.3 Å². The highest BCUT2D eigenvalue weighted by Gasteiger charge is 2.48. The lowest BCUT2D eigenvalue weighted by molar-refractivity contribution is 0.609. The number of hydrogen-bond acceptors (Lipinski definition) is 3. The number of nitrogens with zero attached hydrogens (tertiary/aromatic N) is 2. The molecule has 0 aliphatic heterocycles. The van der Waals surface area contributed by atoms with Crippen LogP contribution in [0.15, 0.2) is 17.5 Å². The fourth-order valence-corrected chi connectivity index (χ4v) is 2.54. The maximum Gasteiger partial charge on any atom is 0.191 e. The van der Waals surface area contributed by atoms with E-state index in [0.29, 0.717) is 11.3 Å². The summed E-state index contributed by atoms with van der Waals surface area (Å²) >= 11 is 1.68. The van der Waals surface area contributed by atoms with Crippen LogP contribution in [0.25, 0.3) is 10.7 Å². The molecule has 0 bridgehead atoms. The topological polar surface area (TPSA) is 41.6 Å². The van der Waals surface area contributed by atoms with Crippen molar-refractivity contribution in [1.29, 1.82) is 0 Å². The minimum atomic E-state index is 0.409. The van der Waals surface area contributed by atoms with Gasteiger partial charge in [0.25, 0.3) is 0 Å². The van der Waals surface area contributed by atoms with E-state index < -0.39 is 0 Å². The molecule has 0 spiro atoms. The maximum absolute atomic E-state index is 4.55. The third kappa shape index (κ3) is 1.49. The van der Waals surface area contributed by atoms with Crippen molar-refractivity contribution in [1.82, 2.24) is 15.2 Å². The second-order valence-electron chi connectivity index (χ2n) is 4.77. The lowest BCUT2D eigenvalue weighted by atomic mass is 10.1. The van der Waals surface area contributed by atoms with Gasteiger partial charge in [0.05, 0.1) is 4.88 Å². The monoisotopic (exact) mass is 219 g/mol. The van der Waals surface area contributed by atoms with Gasteiger partial charge in [0.2, 0.25) is 0 Å². The van der Waals surface area contributed by atoms with Crippen molar-refractivity contribution in [3.8, 4) is 10.7 Å². The second kappa shape index (κ2) is 2.92. The number of aromatic nitrogens is 3. The zero-order valence-corrected chi connectivity index (χ0v) is 9.64. The summed E-state index contributed by atoms with van der Waals surface area (Å²) < 4.78 is 0. The Bertz CT molecular complexity index is 470. The van der Waals surface area contributed by atoms with E-state index >= 15 is 0 Å². The molecule has 1 aliphatic rings. The van der Waals surface area contributed by atoms with Crippen LogP contribution in [-0.2, 0) is 0 Å². The first-order chi connectivity index (χ1) is 7.17. The summed E-state index contributed by atoms with van der Waals surface area (Å²) in [5.41, 5.74) is 0.409. The third-order valence-electron chi connectivity index (χ3n) is 3.09. The maximum atomic E-state index is 4.55. The van der Waals surface area contributed by atoms with Crippen molar-refractivity contribution in [2.24, 2.45) is 5.41 Å². The molecule has 1 aliphatic carbocycles. The molecule has 2 aromatic heterocycles. The normalized spacial score (nSPS) is 22.9. The highest BCUT2D eigenvalue weighted by Crippen LogP contribution is 2.57. The Morgan fingerprint density at radius 3 is 2.93 bits per heavy atom. The molecule has 78 valence electrons. The fourth-order valence-electron chi connectivity index (χ4n) is 1.88. The lowest BCUT2D eigenvalue weighted by Gasteiger charge is -1.97. The van der Waals surface area contributed by atoms with Crippen molar-refractivity contribution >= 4 is 11.3 Å². The van der Waals surface area contributed by atoms with Crippen LogP contribution in [-0.4, -0.2) is 15.2 Å². The third-order valence-corrected chi connectivity index (χ3v) is 3.95. The van der Waals surface area contributed by atoms with Crippen LogP contribution in [0.4, 0.5) is 0 Å². The lowest BCUT2D eigenvalue weighted by Crippen LogP contribution is -1.91. The van der Waals surface area contributed by atoms with Crippen LogP contribution >= 0.6 is 11.3 Å². The van der Waals surface area contributed by atoms with Gasteiger partial charge in [0, 0.05) is 5.92 Å². The molecule has 15 heavy (non-hydrogen) atoms. The van der Waals surface area contributed by atoms with Crippen molar-refractivity contribution in [3.63, 3.8) is 0 Å². The molecule has 1 atom stereocenters. The average molecular weight is 219 g/mol. The fraction of sp³-hybridized carbons (Fsp3) is 0.455. The summed E-state index contributed by atoms with van der Waals surface area (Å²) in [4.78, 5) is 5.69. The van der Waals surface area contributed by atoms with Gasteiger partial charge in [-0.15, -0.1) is 11.3 Å². The van der Waals surface area contributed by atoms with Crippen molar-refractivity contribution in [2.45, 2.75) is 26.2 Å². The molecule has 0 amide bonds. The van der Waals surface area contributed by atoms with Gasteiger partial charge < -0.3 is 0 Å². The van der Waals surface area contributed by atoms with Crippen molar-refractivity contribution in [2.75, 3.05) is 0 Å². The molecule has 3 rings (SSSR count). The van der Waals surface area contributed by atoms with Crippen molar-refractivity contribution < 1.29 is 0 Å². The summed E-state index contributed by atoms with van der Waals surface area (Å²) in [6.45, 7) is 4.54. The summed E-state index contributed by atoms with van der Waals surface area (Å²) in [5.74, 6) is 2.45. The van der Waals surface area contributed by atoms with E-state index in [1.165, 1.54) is 6.42 Å². The highest BCUT2D eigenvalue weighted by atomic mass is 32.1. The summed E-state index contributed by atoms with van der Waals surface area (Å²) in [7, 11) is 0. The molecule has 1 N–H and O–H groups in total. The molecule has 0 aromatic carbocycles. The molecular weight excluding hydrogens is 206 g/mol. The second-order valence-corrected chi connectivity index (χ2v) is 5.71. The van der Waals surface area contributed by atoms with Crippen LogP contribution < -0.4 is 0 Å². The van der Waals surface area contributed by atoms with Crippen LogP contribution in [0.1, 0.15) is 32.0 Å². The molecule has 0 radical (unpaired) electrons. The van der Waals surface area contributed by atoms with Crippen LogP contribution in [0.5, 0.6) is 0 Å². The molecule has 3 nitrogen and oxygen atoms in total. The Balaban J connectivity index is 1.89. The molecular formula is C11H13N3S. The first-order valence-electron chi connectivity index (χ1n) is 5.13. The number of nitrogens with one attached hydrogen (secondary N) is 1. The summed E-state index contributed by atoms with van der Waals surface area (Å²) in [6, 6.07) is 4.08. The number of rotatable bonds is 2. The number of aromatic amines is 1. The Hall–Kier alpha value is -1.16. The van der Waals surface area contributed by atoms with Crippen molar-refractivity contribution in [3.05, 3.63) is 23.3 Å². The van der Waals surface area contributed by atoms with Gasteiger partial charge in [0.15, 0.2) is 5.82 Å². The smallest absolute Gasteiger partial charge is 0.191 e. The van der Waals surface area contributed by atoms with Gasteiger partial charge in [-0.25, -0.2) is 4.98 Å². The van der Waals surface area contributed by atoms with E-state index in [4.69, 9.17) is 0 Å². The average Bonchev–Trinajstić information content (AvgIpc) is 2.73. The van der Waals surface area contributed by atoms with E-state index in [0.717, 1.165) is 16.5 Å². The van der Waals surface area contributed by atoms with E-state index in [2.05, 4.69) is 35.1 Å². The molecule has 1 unspecified atom stereocenters. The van der Waals surface area contributed by atoms with Gasteiger partial charge >= 0.3 is 0 Å². The Labute approximate surface area is 92.6 Å². The van der Waals surface area contributed by atoms with Gasteiger partial charge in [-0.2, -0.15) is 5.10 Å². The molecule has 2 aromatic rings. The number of hydrogen-bond donors (Lipinski definition) is 1. The molecule has 4 heteroatoms. The standard InChI is InChI=1S/C11H13N3S/c1-11(2)6-7(11)9-12-10(14-13-9)8-4-3-5-15-8/h3-5,7H,6H2,1-2H3,(H,12,13,14). The van der Waals surface area contributed by atoms with Gasteiger partial charge in [0.1, 0.15) is 5.82 Å². The first kappa shape index (κ1) is 9.09. The van der Waals surface area contributed by atoms with Crippen LogP contribution in [0, 0.1) is 5.41 Å². The molecule has 1 fully saturated rings. The molecule has 0 saturated heterocycles. The quantitative estimate of drug-likeness (QED) is 0.843. The van der Waals surface area contributed by atoms with Gasteiger partial charge in [-0.3, -0.25) is 5.10 Å². The first-order valence-corrected chi connectivity index (χ1v) is 6.01. The zero-order valence-electron chi connectivity index (χ0n) is 8.82. The van der Waals surface area contributed by atoms with E-state index in [-0.39, 0.29) is 0 Å². The van der Waals surface area contributed by atoms with E-state index in [9.17, 15) is 0 Å². The zero-order chi connectivity index (χ0) is 10.5. The van der Waals surface area contributed by atoms with Gasteiger partial charge in [-0.1, -0.05) is 19.9 Å².